The number of nitrogens with zero attached hydrogens (tertiary/aromatic N) is 3. The van der Waals surface area contributed by atoms with Crippen LogP contribution in [0.1, 0.15) is 25.0 Å². The maximum Gasteiger partial charge on any atom is 0.266 e. The third-order valence-corrected chi connectivity index (χ3v) is 7.02. The molecule has 2 aromatic heterocycles. The lowest BCUT2D eigenvalue weighted by molar-refractivity contribution is -0.122. The smallest absolute Gasteiger partial charge is 0.266 e. The average Bonchev–Trinajstić information content (AvgIpc) is 2.99. The number of carbonyl (C=O) groups is 1. The lowest BCUT2D eigenvalue weighted by atomic mass is 10.2. The molecule has 1 fully saturated rings. The summed E-state index contributed by atoms with van der Waals surface area (Å²) < 4.78 is 2.05. The number of carbonyl (C=O) groups excluding carboxylic acids is 1. The van der Waals surface area contributed by atoms with Crippen LogP contribution in [0, 0.1) is 12.8 Å². The van der Waals surface area contributed by atoms with Crippen molar-refractivity contribution in [2.24, 2.45) is 5.92 Å². The first-order valence-electron chi connectivity index (χ1n) is 9.85. The van der Waals surface area contributed by atoms with E-state index in [1.807, 2.05) is 63.2 Å². The van der Waals surface area contributed by atoms with Crippen LogP contribution in [0.15, 0.2) is 68.3 Å². The lowest BCUT2D eigenvalue weighted by Gasteiger charge is -2.16. The molecule has 1 aliphatic rings. The van der Waals surface area contributed by atoms with Gasteiger partial charge in [-0.1, -0.05) is 73.9 Å². The minimum absolute atomic E-state index is 0.159. The molecular weight excluding hydrogens is 446 g/mol. The second kappa shape index (κ2) is 8.98. The van der Waals surface area contributed by atoms with E-state index in [0.717, 1.165) is 10.5 Å². The van der Waals surface area contributed by atoms with Crippen molar-refractivity contribution in [2.45, 2.75) is 30.7 Å². The standard InChI is InChI=1S/C23H21N3O2S3/c1-14(2)12-26-22(28)18(31-23(26)29)11-17-20(30-16-7-5-4-6-8-16)24-19-10-9-15(3)13-25(19)21(17)27/h4-11,13-14H,12H2,1-3H3/b18-11-. The topological polar surface area (TPSA) is 54.7 Å². The molecule has 3 heterocycles. The Morgan fingerprint density at radius 2 is 1.90 bits per heavy atom. The molecule has 158 valence electrons. The SMILES string of the molecule is Cc1ccc2nc(Sc3ccccc3)c(/C=C3\SC(=S)N(CC(C)C)C3=O)c(=O)n2c1. The first-order valence-corrected chi connectivity index (χ1v) is 11.9. The number of thiocarbonyl (C=S) groups is 1. The van der Waals surface area contributed by atoms with Crippen molar-refractivity contribution in [3.05, 3.63) is 75.0 Å². The molecular formula is C23H21N3O2S3. The molecule has 0 spiro atoms. The fourth-order valence-electron chi connectivity index (χ4n) is 3.19. The molecule has 1 aromatic carbocycles. The highest BCUT2D eigenvalue weighted by Gasteiger charge is 2.33. The highest BCUT2D eigenvalue weighted by molar-refractivity contribution is 8.26. The van der Waals surface area contributed by atoms with Gasteiger partial charge in [-0.05, 0) is 42.7 Å². The number of hydrogen-bond acceptors (Lipinski definition) is 6. The molecule has 1 saturated heterocycles. The van der Waals surface area contributed by atoms with E-state index in [0.29, 0.717) is 37.9 Å². The van der Waals surface area contributed by atoms with Gasteiger partial charge in [-0.15, -0.1) is 0 Å². The van der Waals surface area contributed by atoms with Gasteiger partial charge >= 0.3 is 0 Å². The summed E-state index contributed by atoms with van der Waals surface area (Å²) in [4.78, 5) is 34.2. The molecule has 0 unspecified atom stereocenters. The van der Waals surface area contributed by atoms with E-state index in [-0.39, 0.29) is 11.5 Å². The lowest BCUT2D eigenvalue weighted by Crippen LogP contribution is -2.31. The van der Waals surface area contributed by atoms with Gasteiger partial charge in [0.25, 0.3) is 11.5 Å². The van der Waals surface area contributed by atoms with Crippen molar-refractivity contribution in [3.8, 4) is 0 Å². The van der Waals surface area contributed by atoms with Gasteiger partial charge in [-0.25, -0.2) is 4.98 Å². The van der Waals surface area contributed by atoms with Gasteiger partial charge in [0.2, 0.25) is 0 Å². The summed E-state index contributed by atoms with van der Waals surface area (Å²) in [5.41, 5.74) is 1.70. The van der Waals surface area contributed by atoms with Crippen LogP contribution < -0.4 is 5.56 Å². The third-order valence-electron chi connectivity index (χ3n) is 4.63. The van der Waals surface area contributed by atoms with Gasteiger partial charge in [0.15, 0.2) is 0 Å². The molecule has 0 N–H and O–H groups in total. The number of fused-ring (bicyclic) bond motifs is 1. The molecule has 0 saturated carbocycles. The van der Waals surface area contributed by atoms with Crippen molar-refractivity contribution in [1.82, 2.24) is 14.3 Å². The van der Waals surface area contributed by atoms with E-state index < -0.39 is 0 Å². The van der Waals surface area contributed by atoms with Crippen molar-refractivity contribution in [3.63, 3.8) is 0 Å². The van der Waals surface area contributed by atoms with Crippen molar-refractivity contribution < 1.29 is 4.79 Å². The predicted molar refractivity (Wildman–Crippen MR) is 131 cm³/mol. The molecule has 4 rings (SSSR count). The van der Waals surface area contributed by atoms with Gasteiger partial charge in [0, 0.05) is 17.6 Å². The first kappa shape index (κ1) is 21.8. The van der Waals surface area contributed by atoms with Gasteiger partial charge in [0.1, 0.15) is 15.0 Å². The second-order valence-electron chi connectivity index (χ2n) is 7.67. The normalized spacial score (nSPS) is 15.6. The zero-order chi connectivity index (χ0) is 22.1. The molecule has 1 amide bonds. The molecule has 0 atom stereocenters. The molecule has 0 radical (unpaired) electrons. The van der Waals surface area contributed by atoms with E-state index in [2.05, 4.69) is 0 Å². The molecule has 5 nitrogen and oxygen atoms in total. The highest BCUT2D eigenvalue weighted by atomic mass is 32.2. The van der Waals surface area contributed by atoms with Crippen molar-refractivity contribution in [2.75, 3.05) is 6.54 Å². The number of amides is 1. The molecule has 0 aliphatic carbocycles. The third kappa shape index (κ3) is 4.61. The largest absolute Gasteiger partial charge is 0.293 e. The van der Waals surface area contributed by atoms with E-state index in [9.17, 15) is 9.59 Å². The number of aromatic nitrogens is 2. The number of hydrogen-bond donors (Lipinski definition) is 0. The zero-order valence-electron chi connectivity index (χ0n) is 17.4. The minimum Gasteiger partial charge on any atom is -0.293 e. The molecule has 8 heteroatoms. The van der Waals surface area contributed by atoms with Crippen molar-refractivity contribution >= 4 is 57.7 Å². The molecule has 31 heavy (non-hydrogen) atoms. The monoisotopic (exact) mass is 467 g/mol. The fourth-order valence-corrected chi connectivity index (χ4v) is 5.36. The number of benzene rings is 1. The number of pyridine rings is 1. The Balaban J connectivity index is 1.85. The van der Waals surface area contributed by atoms with Gasteiger partial charge in [0.05, 0.1) is 10.5 Å². The van der Waals surface area contributed by atoms with Crippen LogP contribution in [0.4, 0.5) is 0 Å². The summed E-state index contributed by atoms with van der Waals surface area (Å²) in [6.07, 6.45) is 3.41. The quantitative estimate of drug-likeness (QED) is 0.299. The Bertz CT molecular complexity index is 1270. The molecule has 0 bridgehead atoms. The fraction of sp³-hybridized carbons (Fsp3) is 0.217. The highest BCUT2D eigenvalue weighted by Crippen LogP contribution is 2.35. The number of aryl methyl sites for hydroxylation is 1. The maximum atomic E-state index is 13.4. The average molecular weight is 468 g/mol. The summed E-state index contributed by atoms with van der Waals surface area (Å²) in [5.74, 6) is 0.134. The van der Waals surface area contributed by atoms with Crippen LogP contribution in [0.5, 0.6) is 0 Å². The van der Waals surface area contributed by atoms with Gasteiger partial charge in [-0.2, -0.15) is 0 Å². The van der Waals surface area contributed by atoms with Gasteiger partial charge < -0.3 is 0 Å². The zero-order valence-corrected chi connectivity index (χ0v) is 19.8. The Morgan fingerprint density at radius 1 is 1.16 bits per heavy atom. The summed E-state index contributed by atoms with van der Waals surface area (Å²) >= 11 is 8.06. The van der Waals surface area contributed by atoms with E-state index >= 15 is 0 Å². The van der Waals surface area contributed by atoms with E-state index in [4.69, 9.17) is 17.2 Å². The summed E-state index contributed by atoms with van der Waals surface area (Å²) in [5, 5.41) is 0.564. The van der Waals surface area contributed by atoms with E-state index in [1.54, 1.807) is 17.2 Å². The molecule has 3 aromatic rings. The van der Waals surface area contributed by atoms with E-state index in [1.165, 1.54) is 27.9 Å². The van der Waals surface area contributed by atoms with Crippen LogP contribution in [0.2, 0.25) is 0 Å². The Kier molecular flexibility index (Phi) is 6.31. The Morgan fingerprint density at radius 3 is 2.61 bits per heavy atom. The van der Waals surface area contributed by atoms with Gasteiger partial charge in [-0.3, -0.25) is 18.9 Å². The summed E-state index contributed by atoms with van der Waals surface area (Å²) in [6, 6.07) is 13.5. The van der Waals surface area contributed by atoms with Crippen molar-refractivity contribution in [1.29, 1.82) is 0 Å². The summed E-state index contributed by atoms with van der Waals surface area (Å²) in [7, 11) is 0. The Hall–Kier alpha value is -2.42. The second-order valence-corrected chi connectivity index (χ2v) is 10.4. The first-order chi connectivity index (χ1) is 14.8. The van der Waals surface area contributed by atoms with Crippen LogP contribution in [0.25, 0.3) is 11.7 Å². The van der Waals surface area contributed by atoms with Crippen LogP contribution in [-0.4, -0.2) is 31.1 Å². The number of thioether (sulfide) groups is 1. The number of rotatable bonds is 5. The van der Waals surface area contributed by atoms with Crippen LogP contribution in [0.3, 0.4) is 0 Å². The molecule has 1 aliphatic heterocycles. The Labute approximate surface area is 194 Å². The van der Waals surface area contributed by atoms with Crippen LogP contribution in [-0.2, 0) is 4.79 Å². The minimum atomic E-state index is -0.207. The van der Waals surface area contributed by atoms with Crippen LogP contribution >= 0.6 is 35.7 Å². The predicted octanol–water partition coefficient (Wildman–Crippen LogP) is 5.01. The summed E-state index contributed by atoms with van der Waals surface area (Å²) in [6.45, 7) is 6.56. The maximum absolute atomic E-state index is 13.4.